The summed E-state index contributed by atoms with van der Waals surface area (Å²) in [5.74, 6) is -1.80. The molecule has 0 amide bonds. The Hall–Kier alpha value is -1.14. The van der Waals surface area contributed by atoms with Gasteiger partial charge in [0.15, 0.2) is 5.60 Å². The van der Waals surface area contributed by atoms with Gasteiger partial charge >= 0.3 is 11.9 Å². The summed E-state index contributed by atoms with van der Waals surface area (Å²) in [6, 6.07) is 0. The predicted molar refractivity (Wildman–Crippen MR) is 61.1 cm³/mol. The van der Waals surface area contributed by atoms with E-state index < -0.39 is 36.1 Å². The van der Waals surface area contributed by atoms with Crippen molar-refractivity contribution < 1.29 is 25.5 Å². The fourth-order valence-corrected chi connectivity index (χ4v) is 1.49. The van der Waals surface area contributed by atoms with Gasteiger partial charge in [-0.15, -0.1) is 0 Å². The van der Waals surface area contributed by atoms with Crippen molar-refractivity contribution in [1.82, 2.24) is 0 Å². The summed E-state index contributed by atoms with van der Waals surface area (Å²) in [6.45, 7) is 3.39. The third-order valence-electron chi connectivity index (χ3n) is 2.02. The number of rotatable bonds is 6. The highest BCUT2D eigenvalue weighted by molar-refractivity contribution is 5.85. The van der Waals surface area contributed by atoms with Crippen molar-refractivity contribution in [2.24, 2.45) is 5.73 Å². The molecule has 2 unspecified atom stereocenters. The molecule has 0 aliphatic carbocycles. The molecule has 6 heteroatoms. The van der Waals surface area contributed by atoms with Crippen molar-refractivity contribution in [3.63, 3.8) is 0 Å². The summed E-state index contributed by atoms with van der Waals surface area (Å²) in [7, 11) is 1.15. The zero-order valence-corrected chi connectivity index (χ0v) is 10.6. The van der Waals surface area contributed by atoms with E-state index in [4.69, 9.17) is 7.10 Å². The number of carbonyl (C=O) groups excluding carboxylic acids is 2. The first-order valence-electron chi connectivity index (χ1n) is 5.79. The molecule has 0 aromatic rings. The van der Waals surface area contributed by atoms with Gasteiger partial charge in [-0.2, -0.15) is 0 Å². The number of ether oxygens (including phenoxy) is 2. The van der Waals surface area contributed by atoms with Gasteiger partial charge in [-0.25, -0.2) is 4.79 Å². The molecule has 0 radical (unpaired) electrons. The minimum atomic E-state index is -2.08. The van der Waals surface area contributed by atoms with E-state index in [2.05, 4.69) is 9.47 Å². The molecule has 17 heavy (non-hydrogen) atoms. The van der Waals surface area contributed by atoms with Crippen LogP contribution in [-0.4, -0.2) is 41.9 Å². The van der Waals surface area contributed by atoms with Gasteiger partial charge in [0.2, 0.25) is 0 Å². The number of carbonyl (C=O) groups is 2. The number of nitrogens with two attached hydrogens (primary N) is 1. The smallest absolute Gasteiger partial charge is 0.338 e. The SMILES string of the molecule is [3H]C(C)OC(=O)C(O)(CC(=O)OC)CC(C)(C)N. The molecule has 0 fully saturated rings. The van der Waals surface area contributed by atoms with Crippen molar-refractivity contribution in [2.45, 2.75) is 44.8 Å². The van der Waals surface area contributed by atoms with Crippen LogP contribution in [0.3, 0.4) is 0 Å². The molecule has 0 bridgehead atoms. The van der Waals surface area contributed by atoms with E-state index in [1.54, 1.807) is 13.8 Å². The second-order valence-electron chi connectivity index (χ2n) is 4.59. The van der Waals surface area contributed by atoms with Crippen LogP contribution in [0.25, 0.3) is 0 Å². The zero-order chi connectivity index (χ0) is 14.6. The number of hydrogen-bond donors (Lipinski definition) is 2. The third kappa shape index (κ3) is 5.65. The van der Waals surface area contributed by atoms with E-state index in [0.717, 1.165) is 7.11 Å². The quantitative estimate of drug-likeness (QED) is 0.641. The Kier molecular flexibility index (Phi) is 4.89. The first kappa shape index (κ1) is 13.9. The van der Waals surface area contributed by atoms with Crippen molar-refractivity contribution in [1.29, 1.82) is 0 Å². The van der Waals surface area contributed by atoms with Crippen LogP contribution in [0.15, 0.2) is 0 Å². The predicted octanol–water partition coefficient (Wildman–Crippen LogP) is -0.0289. The fraction of sp³-hybridized carbons (Fsp3) is 0.818. The Labute approximate surface area is 102 Å². The zero-order valence-electron chi connectivity index (χ0n) is 11.6. The standard InChI is InChI=1S/C11H21NO5/c1-5-17-9(14)11(15,6-8(13)16-4)7-10(2,3)12/h15H,5-7,12H2,1-4H3/i5T. The van der Waals surface area contributed by atoms with E-state index in [-0.39, 0.29) is 6.42 Å². The Morgan fingerprint density at radius 1 is 1.47 bits per heavy atom. The maximum absolute atomic E-state index is 11.7. The normalized spacial score (nSPS) is 17.6. The van der Waals surface area contributed by atoms with Gasteiger partial charge in [0.05, 0.1) is 21.5 Å². The first-order chi connectivity index (χ1) is 8.00. The van der Waals surface area contributed by atoms with Crippen molar-refractivity contribution in [3.05, 3.63) is 0 Å². The van der Waals surface area contributed by atoms with Crippen LogP contribution in [0.2, 0.25) is 0 Å². The van der Waals surface area contributed by atoms with Gasteiger partial charge < -0.3 is 20.3 Å². The Morgan fingerprint density at radius 2 is 2.00 bits per heavy atom. The van der Waals surface area contributed by atoms with Crippen molar-refractivity contribution in [2.75, 3.05) is 13.7 Å². The average molecular weight is 249 g/mol. The van der Waals surface area contributed by atoms with E-state index in [1.807, 2.05) is 0 Å². The summed E-state index contributed by atoms with van der Waals surface area (Å²) >= 11 is 0. The van der Waals surface area contributed by atoms with E-state index in [1.165, 1.54) is 6.92 Å². The number of methoxy groups -OCH3 is 1. The van der Waals surface area contributed by atoms with Crippen LogP contribution in [-0.2, 0) is 19.1 Å². The lowest BCUT2D eigenvalue weighted by atomic mass is 9.85. The maximum Gasteiger partial charge on any atom is 0.338 e. The van der Waals surface area contributed by atoms with E-state index >= 15 is 0 Å². The molecule has 0 saturated heterocycles. The number of esters is 2. The largest absolute Gasteiger partial charge is 0.469 e. The van der Waals surface area contributed by atoms with Crippen LogP contribution >= 0.6 is 0 Å². The van der Waals surface area contributed by atoms with Crippen LogP contribution in [0.4, 0.5) is 0 Å². The van der Waals surface area contributed by atoms with Crippen molar-refractivity contribution in [3.8, 4) is 0 Å². The van der Waals surface area contributed by atoms with Gasteiger partial charge in [0.1, 0.15) is 0 Å². The Balaban J connectivity index is 5.01. The molecule has 0 aromatic heterocycles. The first-order valence-corrected chi connectivity index (χ1v) is 5.21. The second kappa shape index (κ2) is 5.97. The molecule has 0 aliphatic rings. The molecule has 2 atom stereocenters. The van der Waals surface area contributed by atoms with Crippen LogP contribution in [0.5, 0.6) is 0 Å². The van der Waals surface area contributed by atoms with Gasteiger partial charge in [-0.3, -0.25) is 4.79 Å². The molecule has 3 N–H and O–H groups in total. The highest BCUT2D eigenvalue weighted by atomic mass is 16.6. The molecule has 6 nitrogen and oxygen atoms in total. The third-order valence-corrected chi connectivity index (χ3v) is 2.02. The highest BCUT2D eigenvalue weighted by Crippen LogP contribution is 2.24. The molecule has 0 rings (SSSR count). The monoisotopic (exact) mass is 249 g/mol. The lowest BCUT2D eigenvalue weighted by Crippen LogP contribution is -2.50. The maximum atomic E-state index is 11.7. The van der Waals surface area contributed by atoms with Gasteiger partial charge in [0.25, 0.3) is 0 Å². The lowest BCUT2D eigenvalue weighted by molar-refractivity contribution is -0.173. The summed E-state index contributed by atoms with van der Waals surface area (Å²) < 4.78 is 16.2. The molecule has 0 saturated carbocycles. The minimum Gasteiger partial charge on any atom is -0.469 e. The Morgan fingerprint density at radius 3 is 2.35 bits per heavy atom. The molecule has 0 aromatic carbocycles. The summed E-state index contributed by atoms with van der Waals surface area (Å²) in [5, 5.41) is 10.2. The molecular formula is C11H21NO5. The molecule has 100 valence electrons. The lowest BCUT2D eigenvalue weighted by Gasteiger charge is -2.31. The van der Waals surface area contributed by atoms with Crippen molar-refractivity contribution >= 4 is 11.9 Å². The summed E-state index contributed by atoms with van der Waals surface area (Å²) in [6.07, 6.45) is -0.740. The van der Waals surface area contributed by atoms with E-state index in [9.17, 15) is 14.7 Å². The van der Waals surface area contributed by atoms with E-state index in [0.29, 0.717) is 0 Å². The molecule has 0 aliphatic heterocycles. The topological polar surface area (TPSA) is 98.8 Å². The summed E-state index contributed by atoms with van der Waals surface area (Å²) in [4.78, 5) is 23.0. The van der Waals surface area contributed by atoms with Gasteiger partial charge in [-0.1, -0.05) is 0 Å². The molecule has 0 heterocycles. The molecular weight excluding hydrogens is 226 g/mol. The second-order valence-corrected chi connectivity index (χ2v) is 4.59. The average Bonchev–Trinajstić information content (AvgIpc) is 2.13. The Bertz CT molecular complexity index is 313. The van der Waals surface area contributed by atoms with Gasteiger partial charge in [0, 0.05) is 12.0 Å². The van der Waals surface area contributed by atoms with Gasteiger partial charge in [-0.05, 0) is 20.8 Å². The van der Waals surface area contributed by atoms with Crippen LogP contribution < -0.4 is 5.73 Å². The van der Waals surface area contributed by atoms with Crippen LogP contribution in [0.1, 0.15) is 35.0 Å². The number of hydrogen-bond acceptors (Lipinski definition) is 6. The summed E-state index contributed by atoms with van der Waals surface area (Å²) in [5.41, 5.74) is 2.78. The number of aliphatic hydroxyl groups is 1. The van der Waals surface area contributed by atoms with Crippen LogP contribution in [0, 0.1) is 0 Å². The molecule has 0 spiro atoms. The minimum absolute atomic E-state index is 0.180. The fourth-order valence-electron chi connectivity index (χ4n) is 1.49. The highest BCUT2D eigenvalue weighted by Gasteiger charge is 2.43.